The second kappa shape index (κ2) is 8.74. The number of rotatable bonds is 4. The van der Waals surface area contributed by atoms with Gasteiger partial charge in [-0.1, -0.05) is 58.5 Å². The molecular formula is C31H52N2O2S. The van der Waals surface area contributed by atoms with Crippen LogP contribution in [0, 0.1) is 62.1 Å². The third-order valence-corrected chi connectivity index (χ3v) is 14.7. The molecule has 36 heavy (non-hydrogen) atoms. The summed E-state index contributed by atoms with van der Waals surface area (Å²) in [7, 11) is 0. The van der Waals surface area contributed by atoms with Crippen LogP contribution in [0.3, 0.4) is 0 Å². The summed E-state index contributed by atoms with van der Waals surface area (Å²) in [5.74, 6) is 3.58. The highest BCUT2D eigenvalue weighted by atomic mass is 32.2. The first kappa shape index (κ1) is 27.1. The maximum atomic E-state index is 11.0. The van der Waals surface area contributed by atoms with Crippen molar-refractivity contribution in [2.45, 2.75) is 105 Å². The number of amidine groups is 1. The predicted octanol–water partition coefficient (Wildman–Crippen LogP) is 6.60. The molecule has 5 rings (SSSR count). The highest BCUT2D eigenvalue weighted by Gasteiger charge is 2.70. The molecule has 5 saturated carbocycles. The van der Waals surface area contributed by atoms with Crippen LogP contribution < -0.4 is 5.73 Å². The van der Waals surface area contributed by atoms with E-state index in [4.69, 9.17) is 11.1 Å². The van der Waals surface area contributed by atoms with Gasteiger partial charge in [-0.3, -0.25) is 5.41 Å². The molecule has 0 heterocycles. The summed E-state index contributed by atoms with van der Waals surface area (Å²) in [6, 6.07) is 0. The minimum Gasteiger partial charge on any atom is -0.396 e. The van der Waals surface area contributed by atoms with E-state index >= 15 is 0 Å². The largest absolute Gasteiger partial charge is 0.396 e. The van der Waals surface area contributed by atoms with Gasteiger partial charge in [-0.05, 0) is 121 Å². The molecule has 0 amide bonds. The van der Waals surface area contributed by atoms with Crippen LogP contribution in [0.1, 0.15) is 98.8 Å². The van der Waals surface area contributed by atoms with E-state index in [1.54, 1.807) is 0 Å². The first-order chi connectivity index (χ1) is 16.8. The number of hydrogen-bond acceptors (Lipinski definition) is 4. The SMILES string of the molecule is C=C(CSC(=N)N)[C@@H]1CC[C@]2(CO)CC[C@]3(C)[C@H](CC[C@@H]4[C@@]5(C)CCC(O)C(C)(C)[C@@H]5CC[C@]43C)[C@@H]12. The smallest absolute Gasteiger partial charge is 0.151 e. The molecule has 5 fully saturated rings. The van der Waals surface area contributed by atoms with Gasteiger partial charge in [0.1, 0.15) is 0 Å². The van der Waals surface area contributed by atoms with Crippen LogP contribution in [0.15, 0.2) is 12.2 Å². The molecule has 204 valence electrons. The van der Waals surface area contributed by atoms with Crippen molar-refractivity contribution in [1.82, 2.24) is 0 Å². The summed E-state index contributed by atoms with van der Waals surface area (Å²) >= 11 is 1.41. The number of nitrogens with one attached hydrogen (secondary N) is 1. The van der Waals surface area contributed by atoms with Gasteiger partial charge in [-0.15, -0.1) is 0 Å². The Hall–Kier alpha value is -0.520. The Morgan fingerprint density at radius 3 is 2.31 bits per heavy atom. The number of fused-ring (bicyclic) bond motifs is 7. The van der Waals surface area contributed by atoms with Gasteiger partial charge >= 0.3 is 0 Å². The van der Waals surface area contributed by atoms with E-state index in [2.05, 4.69) is 41.2 Å². The minimum absolute atomic E-state index is 0.00659. The normalized spacial score (nSPS) is 51.4. The molecule has 0 aromatic carbocycles. The van der Waals surface area contributed by atoms with Gasteiger partial charge in [0, 0.05) is 12.4 Å². The fraction of sp³-hybridized carbons (Fsp3) is 0.903. The van der Waals surface area contributed by atoms with Gasteiger partial charge < -0.3 is 15.9 Å². The predicted molar refractivity (Wildman–Crippen MR) is 151 cm³/mol. The number of thioether (sulfide) groups is 1. The minimum atomic E-state index is -0.176. The summed E-state index contributed by atoms with van der Waals surface area (Å²) in [6.45, 7) is 17.4. The van der Waals surface area contributed by atoms with Crippen molar-refractivity contribution in [3.05, 3.63) is 12.2 Å². The molecule has 4 nitrogen and oxygen atoms in total. The molecule has 5 aliphatic rings. The third kappa shape index (κ3) is 3.50. The molecule has 10 atom stereocenters. The fourth-order valence-corrected chi connectivity index (χ4v) is 12.3. The van der Waals surface area contributed by atoms with Crippen molar-refractivity contribution in [2.75, 3.05) is 12.4 Å². The van der Waals surface area contributed by atoms with E-state index in [9.17, 15) is 10.2 Å². The standard InChI is InChI=1S/C31H52N2O2S/c1-19(17-36-26(32)33)20-9-14-31(18-34)16-15-29(5)21(25(20)31)7-8-23-28(4)12-11-24(35)27(2,3)22(28)10-13-30(23,29)6/h20-25,34-35H,1,7-18H2,2-6H3,(H3,32,33)/t20-,21+,22-,23+,24?,25+,28-,29+,30+,31+/m0/s1. The van der Waals surface area contributed by atoms with Crippen LogP contribution in [0.2, 0.25) is 0 Å². The quantitative estimate of drug-likeness (QED) is 0.192. The Morgan fingerprint density at radius 1 is 0.917 bits per heavy atom. The van der Waals surface area contributed by atoms with Gasteiger partial charge in [0.25, 0.3) is 0 Å². The molecule has 0 bridgehead atoms. The average molecular weight is 517 g/mol. The summed E-state index contributed by atoms with van der Waals surface area (Å²) in [5.41, 5.74) is 7.82. The van der Waals surface area contributed by atoms with E-state index < -0.39 is 0 Å². The van der Waals surface area contributed by atoms with Crippen molar-refractivity contribution in [3.63, 3.8) is 0 Å². The molecule has 0 aliphatic heterocycles. The molecule has 0 spiro atoms. The summed E-state index contributed by atoms with van der Waals surface area (Å²) in [5, 5.41) is 29.6. The highest BCUT2D eigenvalue weighted by molar-refractivity contribution is 8.13. The molecule has 1 unspecified atom stereocenters. The van der Waals surface area contributed by atoms with Crippen LogP contribution in [-0.4, -0.2) is 33.8 Å². The number of hydrogen-bond donors (Lipinski definition) is 4. The number of aliphatic hydroxyl groups is 2. The maximum Gasteiger partial charge on any atom is 0.151 e. The third-order valence-electron chi connectivity index (χ3n) is 13.8. The van der Waals surface area contributed by atoms with Gasteiger partial charge in [-0.2, -0.15) is 0 Å². The van der Waals surface area contributed by atoms with Crippen molar-refractivity contribution in [2.24, 2.45) is 62.4 Å². The van der Waals surface area contributed by atoms with Gasteiger partial charge in [-0.25, -0.2) is 0 Å². The van der Waals surface area contributed by atoms with Crippen molar-refractivity contribution in [1.29, 1.82) is 5.41 Å². The summed E-state index contributed by atoms with van der Waals surface area (Å²) in [4.78, 5) is 0. The second-order valence-corrected chi connectivity index (χ2v) is 16.1. The zero-order chi connectivity index (χ0) is 26.3. The topological polar surface area (TPSA) is 90.3 Å². The van der Waals surface area contributed by atoms with Gasteiger partial charge in [0.05, 0.1) is 6.10 Å². The fourth-order valence-electron chi connectivity index (χ4n) is 11.7. The lowest BCUT2D eigenvalue weighted by Gasteiger charge is -2.73. The van der Waals surface area contributed by atoms with E-state index in [0.29, 0.717) is 47.0 Å². The van der Waals surface area contributed by atoms with Gasteiger partial charge in [0.2, 0.25) is 0 Å². The van der Waals surface area contributed by atoms with Crippen LogP contribution >= 0.6 is 11.8 Å². The Morgan fingerprint density at radius 2 is 1.64 bits per heavy atom. The maximum absolute atomic E-state index is 11.0. The monoisotopic (exact) mass is 516 g/mol. The zero-order valence-electron chi connectivity index (χ0n) is 23.5. The summed E-state index contributed by atoms with van der Waals surface area (Å²) in [6.07, 6.45) is 11.6. The molecular weight excluding hydrogens is 464 g/mol. The Bertz CT molecular complexity index is 920. The molecule has 5 aliphatic carbocycles. The Kier molecular flexibility index (Phi) is 6.57. The lowest BCUT2D eigenvalue weighted by molar-refractivity contribution is -0.249. The van der Waals surface area contributed by atoms with Gasteiger partial charge in [0.15, 0.2) is 5.17 Å². The summed E-state index contributed by atoms with van der Waals surface area (Å²) < 4.78 is 0. The van der Waals surface area contributed by atoms with Crippen LogP contribution in [-0.2, 0) is 0 Å². The van der Waals surface area contributed by atoms with Crippen LogP contribution in [0.4, 0.5) is 0 Å². The molecule has 5 N–H and O–H groups in total. The van der Waals surface area contributed by atoms with Crippen LogP contribution in [0.5, 0.6) is 0 Å². The van der Waals surface area contributed by atoms with E-state index in [0.717, 1.165) is 37.9 Å². The van der Waals surface area contributed by atoms with Crippen LogP contribution in [0.25, 0.3) is 0 Å². The second-order valence-electron chi connectivity index (χ2n) is 15.0. The van der Waals surface area contributed by atoms with Crippen molar-refractivity contribution >= 4 is 16.9 Å². The highest BCUT2D eigenvalue weighted by Crippen LogP contribution is 2.77. The lowest BCUT2D eigenvalue weighted by atomic mass is 9.32. The Labute approximate surface area is 224 Å². The first-order valence-corrected chi connectivity index (χ1v) is 15.7. The zero-order valence-corrected chi connectivity index (χ0v) is 24.4. The lowest BCUT2D eigenvalue weighted by Crippen LogP contribution is -2.66. The first-order valence-electron chi connectivity index (χ1n) is 14.7. The molecule has 5 heteroatoms. The van der Waals surface area contributed by atoms with Crippen molar-refractivity contribution in [3.8, 4) is 0 Å². The molecule has 0 saturated heterocycles. The van der Waals surface area contributed by atoms with E-state index in [1.807, 2.05) is 0 Å². The van der Waals surface area contributed by atoms with E-state index in [-0.39, 0.29) is 27.5 Å². The molecule has 0 aromatic heterocycles. The van der Waals surface area contributed by atoms with E-state index in [1.165, 1.54) is 49.4 Å². The molecule has 0 aromatic rings. The molecule has 0 radical (unpaired) electrons. The van der Waals surface area contributed by atoms with Crippen molar-refractivity contribution < 1.29 is 10.2 Å². The number of nitrogens with two attached hydrogens (primary N) is 1. The number of aliphatic hydroxyl groups excluding tert-OH is 2. The average Bonchev–Trinajstić information content (AvgIpc) is 3.21. The Balaban J connectivity index is 1.50.